The number of carbonyl (C=O) groups is 1. The molecular weight excluding hydrogens is 494 g/mol. The molecule has 37 heavy (non-hydrogen) atoms. The van der Waals surface area contributed by atoms with Gasteiger partial charge in [-0.05, 0) is 57.4 Å². The van der Waals surface area contributed by atoms with Gasteiger partial charge in [-0.25, -0.2) is 18.4 Å². The Bertz CT molecular complexity index is 1240. The number of anilines is 4. The van der Waals surface area contributed by atoms with Gasteiger partial charge in [0.05, 0.1) is 22.4 Å². The Kier molecular flexibility index (Phi) is 8.20. The van der Waals surface area contributed by atoms with Crippen molar-refractivity contribution < 1.29 is 18.3 Å². The zero-order chi connectivity index (χ0) is 26.7. The molecule has 12 heteroatoms. The average molecular weight is 532 g/mol. The lowest BCUT2D eigenvalue weighted by atomic mass is 9.93. The lowest BCUT2D eigenvalue weighted by Gasteiger charge is -2.35. The summed E-state index contributed by atoms with van der Waals surface area (Å²) in [4.78, 5) is 25.9. The van der Waals surface area contributed by atoms with Crippen molar-refractivity contribution in [3.63, 3.8) is 0 Å². The van der Waals surface area contributed by atoms with E-state index in [9.17, 15) is 18.3 Å². The number of piperazine rings is 1. The topological polar surface area (TPSA) is 154 Å². The van der Waals surface area contributed by atoms with Crippen LogP contribution in [0.2, 0.25) is 0 Å². The van der Waals surface area contributed by atoms with Crippen molar-refractivity contribution in [2.75, 3.05) is 55.0 Å². The Morgan fingerprint density at radius 3 is 2.38 bits per heavy atom. The van der Waals surface area contributed by atoms with Gasteiger partial charge < -0.3 is 31.3 Å². The number of nitrogens with two attached hydrogens (primary N) is 1. The molecule has 0 spiro atoms. The van der Waals surface area contributed by atoms with Gasteiger partial charge in [-0.1, -0.05) is 6.92 Å². The van der Waals surface area contributed by atoms with Crippen LogP contribution in [-0.2, 0) is 16.3 Å². The molecule has 2 fully saturated rings. The van der Waals surface area contributed by atoms with Gasteiger partial charge in [-0.3, -0.25) is 4.79 Å². The number of aromatic nitrogens is 2. The highest BCUT2D eigenvalue weighted by molar-refractivity contribution is 7.90. The number of rotatable bonds is 8. The van der Waals surface area contributed by atoms with Gasteiger partial charge in [0.1, 0.15) is 5.82 Å². The second-order valence-electron chi connectivity index (χ2n) is 9.95. The largest absolute Gasteiger partial charge is 0.393 e. The molecule has 202 valence electrons. The summed E-state index contributed by atoms with van der Waals surface area (Å²) in [7, 11) is -1.49. The average Bonchev–Trinajstić information content (AvgIpc) is 2.85. The summed E-state index contributed by atoms with van der Waals surface area (Å²) in [6.45, 7) is 5.08. The number of sulfone groups is 1. The van der Waals surface area contributed by atoms with E-state index in [1.54, 1.807) is 18.2 Å². The Morgan fingerprint density at radius 2 is 1.78 bits per heavy atom. The third-order valence-corrected chi connectivity index (χ3v) is 8.17. The first-order chi connectivity index (χ1) is 17.5. The van der Waals surface area contributed by atoms with Crippen LogP contribution in [0.15, 0.2) is 23.1 Å². The zero-order valence-electron chi connectivity index (χ0n) is 21.7. The Labute approximate surface area is 218 Å². The van der Waals surface area contributed by atoms with Crippen LogP contribution >= 0.6 is 0 Å². The van der Waals surface area contributed by atoms with E-state index in [0.717, 1.165) is 39.0 Å². The smallest absolute Gasteiger partial charge is 0.271 e. The fraction of sp³-hybridized carbons (Fsp3) is 0.560. The molecule has 1 aliphatic heterocycles. The van der Waals surface area contributed by atoms with E-state index in [1.807, 2.05) is 14.0 Å². The number of hydrogen-bond acceptors (Lipinski definition) is 10. The second kappa shape index (κ2) is 11.2. The first kappa shape index (κ1) is 27.1. The van der Waals surface area contributed by atoms with Crippen molar-refractivity contribution in [2.45, 2.75) is 56.1 Å². The van der Waals surface area contributed by atoms with E-state index in [2.05, 4.69) is 30.4 Å². The van der Waals surface area contributed by atoms with E-state index >= 15 is 0 Å². The quantitative estimate of drug-likeness (QED) is 0.396. The van der Waals surface area contributed by atoms with E-state index in [0.29, 0.717) is 42.1 Å². The first-order valence-corrected chi connectivity index (χ1v) is 14.6. The minimum Gasteiger partial charge on any atom is -0.393 e. The van der Waals surface area contributed by atoms with E-state index in [1.165, 1.54) is 6.26 Å². The number of aliphatic hydroxyl groups is 1. The molecule has 1 aromatic heterocycles. The lowest BCUT2D eigenvalue weighted by molar-refractivity contribution is 0.0995. The zero-order valence-corrected chi connectivity index (χ0v) is 22.5. The molecule has 1 saturated carbocycles. The van der Waals surface area contributed by atoms with Crippen molar-refractivity contribution in [2.24, 2.45) is 5.73 Å². The molecule has 11 nitrogen and oxygen atoms in total. The molecule has 1 aliphatic carbocycles. The molecule has 1 amide bonds. The van der Waals surface area contributed by atoms with Crippen LogP contribution in [0.1, 0.15) is 48.8 Å². The van der Waals surface area contributed by atoms with Gasteiger partial charge in [0.25, 0.3) is 5.91 Å². The maximum atomic E-state index is 12.7. The highest BCUT2D eigenvalue weighted by Gasteiger charge is 2.25. The van der Waals surface area contributed by atoms with Gasteiger partial charge >= 0.3 is 0 Å². The summed E-state index contributed by atoms with van der Waals surface area (Å²) in [5.41, 5.74) is 7.37. The van der Waals surface area contributed by atoms with E-state index in [-0.39, 0.29) is 28.6 Å². The molecule has 2 aliphatic rings. The summed E-state index contributed by atoms with van der Waals surface area (Å²) in [6.07, 6.45) is 4.50. The Balaban J connectivity index is 1.67. The number of aryl methyl sites for hydroxylation is 1. The molecule has 4 rings (SSSR count). The van der Waals surface area contributed by atoms with Crippen molar-refractivity contribution in [1.82, 2.24) is 14.9 Å². The van der Waals surface area contributed by atoms with Crippen molar-refractivity contribution in [1.29, 1.82) is 0 Å². The maximum Gasteiger partial charge on any atom is 0.271 e. The summed E-state index contributed by atoms with van der Waals surface area (Å²) in [5, 5.41) is 16.3. The van der Waals surface area contributed by atoms with Crippen molar-refractivity contribution in [3.8, 4) is 0 Å². The number of aliphatic hydroxyl groups excluding tert-OH is 1. The molecule has 0 atom stereocenters. The fourth-order valence-corrected chi connectivity index (χ4v) is 5.76. The van der Waals surface area contributed by atoms with Gasteiger partial charge in [0, 0.05) is 44.2 Å². The van der Waals surface area contributed by atoms with E-state index < -0.39 is 15.7 Å². The molecule has 1 aromatic carbocycles. The van der Waals surface area contributed by atoms with Crippen molar-refractivity contribution >= 4 is 38.8 Å². The molecule has 2 aromatic rings. The number of primary amides is 1. The summed E-state index contributed by atoms with van der Waals surface area (Å²) in [5.74, 6) is -0.0157. The number of carbonyl (C=O) groups excluding carboxylic acids is 1. The molecule has 0 radical (unpaired) electrons. The van der Waals surface area contributed by atoms with Crippen LogP contribution in [0.3, 0.4) is 0 Å². The number of likely N-dealkylation sites (N-methyl/N-ethyl adjacent to an activating group) is 1. The van der Waals surface area contributed by atoms with E-state index in [4.69, 9.17) is 5.73 Å². The lowest BCUT2D eigenvalue weighted by Crippen LogP contribution is -2.44. The number of nitrogens with zero attached hydrogens (tertiary/aromatic N) is 4. The molecule has 1 saturated heterocycles. The predicted molar refractivity (Wildman–Crippen MR) is 144 cm³/mol. The predicted octanol–water partition coefficient (Wildman–Crippen LogP) is 1.75. The highest BCUT2D eigenvalue weighted by atomic mass is 32.2. The van der Waals surface area contributed by atoms with Crippen LogP contribution in [0.5, 0.6) is 0 Å². The highest BCUT2D eigenvalue weighted by Crippen LogP contribution is 2.32. The van der Waals surface area contributed by atoms with Crippen molar-refractivity contribution in [3.05, 3.63) is 29.6 Å². The van der Waals surface area contributed by atoms with Crippen LogP contribution in [0, 0.1) is 0 Å². The first-order valence-electron chi connectivity index (χ1n) is 12.7. The summed E-state index contributed by atoms with van der Waals surface area (Å²) >= 11 is 0. The van der Waals surface area contributed by atoms with Gasteiger partial charge in [0.15, 0.2) is 21.3 Å². The molecule has 0 unspecified atom stereocenters. The van der Waals surface area contributed by atoms with Gasteiger partial charge in [0.2, 0.25) is 0 Å². The number of hydrogen-bond donors (Lipinski definition) is 4. The minimum absolute atomic E-state index is 0.00878. The van der Waals surface area contributed by atoms with Gasteiger partial charge in [-0.2, -0.15) is 0 Å². The standard InChI is InChI=1S/C25H37N7O4S/c1-4-19-24(27-16-5-8-18(33)9-6-16)30-25(22(29-19)23(26)34)28-17-7-10-20(21(15-17)37(3,35)36)32-13-11-31(2)12-14-32/h7,10,15-16,18,33H,4-6,8-9,11-14H2,1-3H3,(H2,26,34)(H2,27,28,30). The number of amides is 1. The monoisotopic (exact) mass is 531 g/mol. The third-order valence-electron chi connectivity index (χ3n) is 7.04. The van der Waals surface area contributed by atoms with Gasteiger partial charge in [-0.15, -0.1) is 0 Å². The second-order valence-corrected chi connectivity index (χ2v) is 11.9. The minimum atomic E-state index is -3.54. The summed E-state index contributed by atoms with van der Waals surface area (Å²) in [6, 6.07) is 5.26. The molecule has 0 bridgehead atoms. The van der Waals surface area contributed by atoms with Crippen LogP contribution in [-0.4, -0.2) is 85.9 Å². The Hall–Kier alpha value is -2.96. The SMILES string of the molecule is CCc1nc(C(N)=O)c(Nc2ccc(N3CCN(C)CC3)c(S(C)(=O)=O)c2)nc1NC1CCC(O)CC1. The molecular formula is C25H37N7O4S. The number of benzene rings is 1. The fourth-order valence-electron chi connectivity index (χ4n) is 4.84. The van der Waals surface area contributed by atoms with Crippen LogP contribution < -0.4 is 21.3 Å². The summed E-state index contributed by atoms with van der Waals surface area (Å²) < 4.78 is 25.5. The normalized spacial score (nSPS) is 21.0. The number of nitrogens with one attached hydrogen (secondary N) is 2. The molecule has 5 N–H and O–H groups in total. The van der Waals surface area contributed by atoms with Crippen LogP contribution in [0.4, 0.5) is 23.0 Å². The third kappa shape index (κ3) is 6.49. The Morgan fingerprint density at radius 1 is 1.11 bits per heavy atom. The van der Waals surface area contributed by atoms with Crippen LogP contribution in [0.25, 0.3) is 0 Å². The molecule has 2 heterocycles. The maximum absolute atomic E-state index is 12.7.